The van der Waals surface area contributed by atoms with Gasteiger partial charge in [0.2, 0.25) is 0 Å². The number of Topliss-reactive ketones (excluding diaryl/α,β-unsaturated/α-hetero) is 1. The molecule has 1 saturated heterocycles. The maximum Gasteiger partial charge on any atom is 0.334 e. The van der Waals surface area contributed by atoms with Crippen LogP contribution in [0.1, 0.15) is 39.5 Å². The lowest BCUT2D eigenvalue weighted by Crippen LogP contribution is -2.44. The molecule has 0 bridgehead atoms. The normalized spacial score (nSPS) is 47.6. The van der Waals surface area contributed by atoms with Gasteiger partial charge in [0.15, 0.2) is 0 Å². The van der Waals surface area contributed by atoms with Crippen molar-refractivity contribution in [1.29, 1.82) is 0 Å². The minimum absolute atomic E-state index is 0.0528. The topological polar surface area (TPSA) is 43.4 Å². The average molecular weight is 248 g/mol. The van der Waals surface area contributed by atoms with Gasteiger partial charge in [-0.25, -0.2) is 4.79 Å². The molecule has 3 aliphatic rings. The van der Waals surface area contributed by atoms with Crippen molar-refractivity contribution in [2.24, 2.45) is 23.2 Å². The average Bonchev–Trinajstić information content (AvgIpc) is 2.75. The van der Waals surface area contributed by atoms with Crippen LogP contribution in [0.5, 0.6) is 0 Å². The number of hydrogen-bond acceptors (Lipinski definition) is 3. The van der Waals surface area contributed by atoms with Crippen LogP contribution >= 0.6 is 0 Å². The molecule has 1 aliphatic heterocycles. The lowest BCUT2D eigenvalue weighted by Gasteiger charge is -2.36. The van der Waals surface area contributed by atoms with Crippen LogP contribution in [-0.2, 0) is 14.3 Å². The summed E-state index contributed by atoms with van der Waals surface area (Å²) in [7, 11) is 0. The molecule has 2 saturated carbocycles. The van der Waals surface area contributed by atoms with Gasteiger partial charge in [0, 0.05) is 17.9 Å². The third-order valence-electron chi connectivity index (χ3n) is 5.57. The van der Waals surface area contributed by atoms with Crippen molar-refractivity contribution in [3.8, 4) is 0 Å². The van der Waals surface area contributed by atoms with Gasteiger partial charge in [0.05, 0.1) is 5.41 Å². The molecule has 98 valence electrons. The van der Waals surface area contributed by atoms with Crippen LogP contribution in [0.2, 0.25) is 0 Å². The predicted molar refractivity (Wildman–Crippen MR) is 66.7 cm³/mol. The summed E-state index contributed by atoms with van der Waals surface area (Å²) in [6.45, 7) is 8.11. The first-order valence-corrected chi connectivity index (χ1v) is 6.89. The van der Waals surface area contributed by atoms with E-state index in [9.17, 15) is 9.59 Å². The zero-order valence-corrected chi connectivity index (χ0v) is 11.1. The molecule has 18 heavy (non-hydrogen) atoms. The highest BCUT2D eigenvalue weighted by molar-refractivity contribution is 5.94. The Morgan fingerprint density at radius 3 is 2.72 bits per heavy atom. The van der Waals surface area contributed by atoms with E-state index >= 15 is 0 Å². The zero-order chi connectivity index (χ0) is 13.1. The van der Waals surface area contributed by atoms with Crippen LogP contribution in [0.15, 0.2) is 12.2 Å². The number of esters is 1. The third kappa shape index (κ3) is 1.30. The van der Waals surface area contributed by atoms with Crippen LogP contribution in [0, 0.1) is 23.2 Å². The summed E-state index contributed by atoms with van der Waals surface area (Å²) in [5.41, 5.74) is 0.101. The molecule has 0 aromatic rings. The number of ketones is 1. The Kier molecular flexibility index (Phi) is 2.45. The fourth-order valence-corrected chi connectivity index (χ4v) is 4.42. The molecule has 1 heterocycles. The zero-order valence-electron chi connectivity index (χ0n) is 11.1. The molecule has 3 nitrogen and oxygen atoms in total. The number of rotatable bonds is 0. The molecule has 3 fully saturated rings. The first-order valence-electron chi connectivity index (χ1n) is 6.89. The van der Waals surface area contributed by atoms with E-state index in [-0.39, 0.29) is 23.8 Å². The second kappa shape index (κ2) is 3.69. The van der Waals surface area contributed by atoms with E-state index in [1.165, 1.54) is 0 Å². The van der Waals surface area contributed by atoms with Gasteiger partial charge < -0.3 is 4.74 Å². The Balaban J connectivity index is 2.07. The van der Waals surface area contributed by atoms with Crippen molar-refractivity contribution in [2.75, 3.05) is 0 Å². The van der Waals surface area contributed by atoms with E-state index in [0.717, 1.165) is 19.3 Å². The second-order valence-corrected chi connectivity index (χ2v) is 6.36. The second-order valence-electron chi connectivity index (χ2n) is 6.36. The fourth-order valence-electron chi connectivity index (χ4n) is 4.42. The van der Waals surface area contributed by atoms with Crippen molar-refractivity contribution >= 4 is 11.8 Å². The Hall–Kier alpha value is -1.12. The highest BCUT2D eigenvalue weighted by atomic mass is 16.6. The molecule has 0 radical (unpaired) electrons. The van der Waals surface area contributed by atoms with Gasteiger partial charge in [-0.05, 0) is 38.0 Å². The van der Waals surface area contributed by atoms with E-state index in [0.29, 0.717) is 23.8 Å². The Morgan fingerprint density at radius 2 is 2.00 bits per heavy atom. The highest BCUT2D eigenvalue weighted by Gasteiger charge is 2.60. The van der Waals surface area contributed by atoms with Crippen LogP contribution in [0.3, 0.4) is 0 Å². The van der Waals surface area contributed by atoms with Crippen molar-refractivity contribution in [2.45, 2.75) is 45.6 Å². The molecule has 0 spiro atoms. The molecule has 0 N–H and O–H groups in total. The fraction of sp³-hybridized carbons (Fsp3) is 0.733. The number of fused-ring (bicyclic) bond motifs is 3. The summed E-state index contributed by atoms with van der Waals surface area (Å²) in [5.74, 6) is 0.923. The maximum atomic E-state index is 12.4. The SMILES string of the molecule is C=C1C(=O)O[C@@H]2[C@H]1CC[C@H](C)[C@@H]1CCC(=O)[C@@]21C. The summed E-state index contributed by atoms with van der Waals surface area (Å²) >= 11 is 0. The summed E-state index contributed by atoms with van der Waals surface area (Å²) in [4.78, 5) is 24.1. The van der Waals surface area contributed by atoms with Gasteiger partial charge in [-0.1, -0.05) is 13.5 Å². The van der Waals surface area contributed by atoms with Gasteiger partial charge in [0.1, 0.15) is 11.9 Å². The lowest BCUT2D eigenvalue weighted by molar-refractivity contribution is -0.151. The molecule has 3 heteroatoms. The summed E-state index contributed by atoms with van der Waals surface area (Å²) in [6, 6.07) is 0. The van der Waals surface area contributed by atoms with Crippen LogP contribution in [0.4, 0.5) is 0 Å². The highest BCUT2D eigenvalue weighted by Crippen LogP contribution is 2.56. The monoisotopic (exact) mass is 248 g/mol. The van der Waals surface area contributed by atoms with E-state index in [1.54, 1.807) is 0 Å². The quantitative estimate of drug-likeness (QED) is 0.488. The Morgan fingerprint density at radius 1 is 1.28 bits per heavy atom. The standard InChI is InChI=1S/C15H20O3/c1-8-4-5-10-9(2)14(17)18-13(10)15(3)11(8)6-7-12(15)16/h8,10-11,13H,2,4-7H2,1,3H3/t8-,10-,11-,13+,15-/m0/s1. The molecule has 0 aromatic heterocycles. The largest absolute Gasteiger partial charge is 0.457 e. The minimum Gasteiger partial charge on any atom is -0.457 e. The molecular formula is C15H20O3. The van der Waals surface area contributed by atoms with Gasteiger partial charge in [-0.3, -0.25) is 4.79 Å². The number of ether oxygens (including phenoxy) is 1. The van der Waals surface area contributed by atoms with E-state index in [4.69, 9.17) is 4.74 Å². The Labute approximate surface area is 108 Å². The van der Waals surface area contributed by atoms with Crippen molar-refractivity contribution in [3.05, 3.63) is 12.2 Å². The number of carbonyl (C=O) groups is 2. The lowest BCUT2D eigenvalue weighted by atomic mass is 9.68. The number of hydrogen-bond donors (Lipinski definition) is 0. The molecule has 3 rings (SSSR count). The van der Waals surface area contributed by atoms with Crippen LogP contribution < -0.4 is 0 Å². The van der Waals surface area contributed by atoms with Crippen molar-refractivity contribution in [3.63, 3.8) is 0 Å². The molecule has 0 amide bonds. The van der Waals surface area contributed by atoms with Crippen LogP contribution in [0.25, 0.3) is 0 Å². The van der Waals surface area contributed by atoms with Gasteiger partial charge >= 0.3 is 5.97 Å². The molecule has 0 aromatic carbocycles. The maximum absolute atomic E-state index is 12.4. The first kappa shape index (κ1) is 11.9. The van der Waals surface area contributed by atoms with Crippen molar-refractivity contribution < 1.29 is 14.3 Å². The van der Waals surface area contributed by atoms with E-state index < -0.39 is 5.41 Å². The molecular weight excluding hydrogens is 228 g/mol. The van der Waals surface area contributed by atoms with Gasteiger partial charge in [-0.15, -0.1) is 0 Å². The first-order chi connectivity index (χ1) is 8.46. The minimum atomic E-state index is -0.477. The van der Waals surface area contributed by atoms with E-state index in [2.05, 4.69) is 13.5 Å². The third-order valence-corrected chi connectivity index (χ3v) is 5.57. The molecule has 0 unspecified atom stereocenters. The Bertz CT molecular complexity index is 439. The molecule has 2 aliphatic carbocycles. The van der Waals surface area contributed by atoms with Gasteiger partial charge in [0.25, 0.3) is 0 Å². The summed E-state index contributed by atoms with van der Waals surface area (Å²) in [6.07, 6.45) is 3.31. The van der Waals surface area contributed by atoms with Gasteiger partial charge in [-0.2, -0.15) is 0 Å². The van der Waals surface area contributed by atoms with E-state index in [1.807, 2.05) is 6.92 Å². The predicted octanol–water partition coefficient (Wildman–Crippen LogP) is 2.50. The smallest absolute Gasteiger partial charge is 0.334 e. The molecule has 5 atom stereocenters. The summed E-state index contributed by atoms with van der Waals surface area (Å²) in [5, 5.41) is 0. The van der Waals surface area contributed by atoms with Crippen LogP contribution in [-0.4, -0.2) is 17.9 Å². The number of carbonyl (C=O) groups excluding carboxylic acids is 2. The van der Waals surface area contributed by atoms with Crippen molar-refractivity contribution in [1.82, 2.24) is 0 Å². The summed E-state index contributed by atoms with van der Waals surface area (Å²) < 4.78 is 5.53.